The van der Waals surface area contributed by atoms with Crippen LogP contribution in [-0.2, 0) is 4.74 Å². The van der Waals surface area contributed by atoms with Crippen LogP contribution in [-0.4, -0.2) is 23.7 Å². The smallest absolute Gasteiger partial charge is 0.338 e. The zero-order chi connectivity index (χ0) is 17.1. The number of esters is 1. The first kappa shape index (κ1) is 17.2. The molecule has 0 unspecified atom stereocenters. The molecule has 1 aromatic carbocycles. The van der Waals surface area contributed by atoms with E-state index in [1.165, 1.54) is 25.7 Å². The number of anilines is 1. The van der Waals surface area contributed by atoms with E-state index in [0.29, 0.717) is 23.3 Å². The van der Waals surface area contributed by atoms with Gasteiger partial charge >= 0.3 is 5.97 Å². The molecule has 0 radical (unpaired) electrons. The van der Waals surface area contributed by atoms with E-state index >= 15 is 0 Å². The van der Waals surface area contributed by atoms with Gasteiger partial charge in [0, 0.05) is 11.7 Å². The number of carbonyl (C=O) groups is 1. The van der Waals surface area contributed by atoms with Gasteiger partial charge in [-0.1, -0.05) is 6.42 Å². The van der Waals surface area contributed by atoms with E-state index in [-0.39, 0.29) is 5.97 Å². The molecule has 0 spiro atoms. The van der Waals surface area contributed by atoms with Gasteiger partial charge in [0.05, 0.1) is 12.2 Å². The third-order valence-corrected chi connectivity index (χ3v) is 5.67. The molecule has 2 N–H and O–H groups in total. The monoisotopic (exact) mass is 346 g/mol. The van der Waals surface area contributed by atoms with Gasteiger partial charge in [-0.25, -0.2) is 4.79 Å². The molecule has 2 saturated carbocycles. The van der Waals surface area contributed by atoms with Crippen molar-refractivity contribution >= 4 is 29.0 Å². The summed E-state index contributed by atoms with van der Waals surface area (Å²) in [5.74, 6) is 2.27. The molecule has 4 nitrogen and oxygen atoms in total. The molecule has 0 amide bonds. The Bertz CT molecular complexity index is 602. The van der Waals surface area contributed by atoms with Crippen molar-refractivity contribution in [1.82, 2.24) is 5.32 Å². The third kappa shape index (κ3) is 3.89. The lowest BCUT2D eigenvalue weighted by Crippen LogP contribution is -2.42. The van der Waals surface area contributed by atoms with Gasteiger partial charge in [0.15, 0.2) is 5.11 Å². The average Bonchev–Trinajstić information content (AvgIpc) is 3.18. The van der Waals surface area contributed by atoms with E-state index in [9.17, 15) is 4.79 Å². The predicted molar refractivity (Wildman–Crippen MR) is 100 cm³/mol. The van der Waals surface area contributed by atoms with Crippen molar-refractivity contribution < 1.29 is 9.53 Å². The lowest BCUT2D eigenvalue weighted by atomic mass is 9.84. The molecular formula is C19H26N2O2S. The van der Waals surface area contributed by atoms with Gasteiger partial charge in [0.25, 0.3) is 0 Å². The molecule has 0 saturated heterocycles. The van der Waals surface area contributed by atoms with Gasteiger partial charge in [0.2, 0.25) is 0 Å². The van der Waals surface area contributed by atoms with E-state index in [1.807, 2.05) is 12.1 Å². The summed E-state index contributed by atoms with van der Waals surface area (Å²) >= 11 is 5.45. The van der Waals surface area contributed by atoms with Crippen LogP contribution in [0.25, 0.3) is 0 Å². The van der Waals surface area contributed by atoms with Crippen molar-refractivity contribution in [3.8, 4) is 0 Å². The van der Waals surface area contributed by atoms with Crippen LogP contribution in [0.2, 0.25) is 0 Å². The highest BCUT2D eigenvalue weighted by atomic mass is 32.1. The molecule has 2 fully saturated rings. The molecule has 0 heterocycles. The number of thiocarbonyl (C=S) groups is 1. The summed E-state index contributed by atoms with van der Waals surface area (Å²) in [7, 11) is 0. The largest absolute Gasteiger partial charge is 0.462 e. The Morgan fingerprint density at radius 1 is 1.29 bits per heavy atom. The summed E-state index contributed by atoms with van der Waals surface area (Å²) < 4.78 is 4.99. The second kappa shape index (κ2) is 7.51. The number of ether oxygens (including phenoxy) is 1. The molecule has 2 aliphatic rings. The van der Waals surface area contributed by atoms with Crippen LogP contribution in [0.1, 0.15) is 49.9 Å². The maximum absolute atomic E-state index is 11.7. The Hall–Kier alpha value is -1.62. The summed E-state index contributed by atoms with van der Waals surface area (Å²) in [6, 6.07) is 7.61. The lowest BCUT2D eigenvalue weighted by molar-refractivity contribution is 0.0526. The molecule has 0 aliphatic heterocycles. The zero-order valence-corrected chi connectivity index (χ0v) is 15.2. The zero-order valence-electron chi connectivity index (χ0n) is 14.4. The topological polar surface area (TPSA) is 50.4 Å². The number of hydrogen-bond donors (Lipinski definition) is 2. The predicted octanol–water partition coefficient (Wildman–Crippen LogP) is 3.97. The van der Waals surface area contributed by atoms with Crippen molar-refractivity contribution in [2.45, 2.75) is 45.6 Å². The lowest BCUT2D eigenvalue weighted by Gasteiger charge is -2.29. The second-order valence-electron chi connectivity index (χ2n) is 7.02. The van der Waals surface area contributed by atoms with E-state index in [0.717, 1.165) is 23.4 Å². The van der Waals surface area contributed by atoms with E-state index < -0.39 is 0 Å². The molecule has 2 bridgehead atoms. The maximum atomic E-state index is 11.7. The number of carbonyl (C=O) groups excluding carboxylic acids is 1. The van der Waals surface area contributed by atoms with Crippen LogP contribution in [0, 0.1) is 17.8 Å². The Balaban J connectivity index is 1.50. The molecule has 3 rings (SSSR count). The fourth-order valence-electron chi connectivity index (χ4n) is 4.29. The molecule has 2 aliphatic carbocycles. The van der Waals surface area contributed by atoms with Crippen LogP contribution in [0.5, 0.6) is 0 Å². The van der Waals surface area contributed by atoms with Crippen molar-refractivity contribution in [3.63, 3.8) is 0 Å². The SMILES string of the molecule is CCOC(=O)c1ccc(NC(=S)N[C@@H](C)[C@H]2C[C@H]3CC[C@H]2C3)cc1. The van der Waals surface area contributed by atoms with Gasteiger partial charge in [-0.05, 0) is 87.3 Å². The molecule has 5 heteroatoms. The number of fused-ring (bicyclic) bond motifs is 2. The molecule has 1 aromatic rings. The van der Waals surface area contributed by atoms with Gasteiger partial charge in [-0.3, -0.25) is 0 Å². The van der Waals surface area contributed by atoms with Crippen LogP contribution in [0.15, 0.2) is 24.3 Å². The van der Waals surface area contributed by atoms with Crippen LogP contribution in [0.3, 0.4) is 0 Å². The molecule has 0 aromatic heterocycles. The number of hydrogen-bond acceptors (Lipinski definition) is 3. The number of rotatable bonds is 5. The first-order chi connectivity index (χ1) is 11.6. The summed E-state index contributed by atoms with van der Waals surface area (Å²) in [4.78, 5) is 11.7. The van der Waals surface area contributed by atoms with Crippen LogP contribution < -0.4 is 10.6 Å². The highest BCUT2D eigenvalue weighted by molar-refractivity contribution is 7.80. The minimum Gasteiger partial charge on any atom is -0.462 e. The van der Waals surface area contributed by atoms with Crippen molar-refractivity contribution in [3.05, 3.63) is 29.8 Å². The Morgan fingerprint density at radius 2 is 2.04 bits per heavy atom. The average molecular weight is 346 g/mol. The standard InChI is InChI=1S/C19H26N2O2S/c1-3-23-18(22)14-6-8-16(9-7-14)21-19(24)20-12(2)17-11-13-4-5-15(17)10-13/h6-9,12-13,15,17H,3-5,10-11H2,1-2H3,(H2,20,21,24)/t12-,13-,15-,17+/m0/s1. The first-order valence-corrected chi connectivity index (χ1v) is 9.32. The Morgan fingerprint density at radius 3 is 2.62 bits per heavy atom. The fourth-order valence-corrected chi connectivity index (χ4v) is 4.60. The molecule has 4 atom stereocenters. The van der Waals surface area contributed by atoms with Crippen LogP contribution in [0.4, 0.5) is 5.69 Å². The van der Waals surface area contributed by atoms with E-state index in [1.54, 1.807) is 19.1 Å². The Labute approximate surface area is 149 Å². The van der Waals surface area contributed by atoms with Crippen molar-refractivity contribution in [2.24, 2.45) is 17.8 Å². The van der Waals surface area contributed by atoms with E-state index in [2.05, 4.69) is 17.6 Å². The van der Waals surface area contributed by atoms with Crippen molar-refractivity contribution in [1.29, 1.82) is 0 Å². The maximum Gasteiger partial charge on any atom is 0.338 e. The van der Waals surface area contributed by atoms with Crippen LogP contribution >= 0.6 is 12.2 Å². The molecule has 130 valence electrons. The van der Waals surface area contributed by atoms with E-state index in [4.69, 9.17) is 17.0 Å². The molecular weight excluding hydrogens is 320 g/mol. The summed E-state index contributed by atoms with van der Waals surface area (Å²) in [5.41, 5.74) is 1.43. The van der Waals surface area contributed by atoms with Gasteiger partial charge in [-0.15, -0.1) is 0 Å². The normalized spacial score (nSPS) is 26.0. The third-order valence-electron chi connectivity index (χ3n) is 5.45. The quantitative estimate of drug-likeness (QED) is 0.624. The number of nitrogens with one attached hydrogen (secondary N) is 2. The number of benzene rings is 1. The first-order valence-electron chi connectivity index (χ1n) is 8.91. The summed E-state index contributed by atoms with van der Waals surface area (Å²) in [6.45, 7) is 4.42. The fraction of sp³-hybridized carbons (Fsp3) is 0.579. The highest BCUT2D eigenvalue weighted by Crippen LogP contribution is 2.49. The van der Waals surface area contributed by atoms with Gasteiger partial charge in [-0.2, -0.15) is 0 Å². The highest BCUT2D eigenvalue weighted by Gasteiger charge is 2.41. The second-order valence-corrected chi connectivity index (χ2v) is 7.43. The Kier molecular flexibility index (Phi) is 5.39. The van der Waals surface area contributed by atoms with Crippen molar-refractivity contribution in [2.75, 3.05) is 11.9 Å². The molecule has 24 heavy (non-hydrogen) atoms. The minimum absolute atomic E-state index is 0.297. The van der Waals surface area contributed by atoms with Gasteiger partial charge < -0.3 is 15.4 Å². The minimum atomic E-state index is -0.297. The summed E-state index contributed by atoms with van der Waals surface area (Å²) in [5, 5.41) is 7.30. The van der Waals surface area contributed by atoms with Gasteiger partial charge in [0.1, 0.15) is 0 Å². The summed E-state index contributed by atoms with van der Waals surface area (Å²) in [6.07, 6.45) is 5.56.